The van der Waals surface area contributed by atoms with Crippen LogP contribution >= 0.6 is 27.5 Å². The van der Waals surface area contributed by atoms with Crippen molar-refractivity contribution in [1.82, 2.24) is 13.8 Å². The Bertz CT molecular complexity index is 1250. The van der Waals surface area contributed by atoms with E-state index in [0.29, 0.717) is 20.3 Å². The number of hydrogen-bond donors (Lipinski definition) is 0. The molecule has 12 heteroatoms. The van der Waals surface area contributed by atoms with Gasteiger partial charge in [-0.05, 0) is 42.5 Å². The van der Waals surface area contributed by atoms with Crippen LogP contribution in [-0.4, -0.2) is 28.3 Å². The minimum Gasteiger partial charge on any atom is -0.249 e. The molecule has 1 heterocycles. The zero-order chi connectivity index (χ0) is 21.4. The molecule has 0 aliphatic heterocycles. The second-order valence-corrected chi connectivity index (χ2v) is 8.77. The minimum atomic E-state index is -4.72. The molecule has 0 aliphatic rings. The molecule has 0 saturated heterocycles. The first-order valence-electron chi connectivity index (χ1n) is 7.74. The van der Waals surface area contributed by atoms with Crippen LogP contribution in [0.3, 0.4) is 0 Å². The van der Waals surface area contributed by atoms with Crippen molar-refractivity contribution in [1.29, 1.82) is 0 Å². The largest absolute Gasteiger partial charge is 0.411 e. The average molecular weight is 509 g/mol. The summed E-state index contributed by atoms with van der Waals surface area (Å²) < 4.78 is 64.7. The fourth-order valence-electron chi connectivity index (χ4n) is 2.33. The van der Waals surface area contributed by atoms with Gasteiger partial charge < -0.3 is 0 Å². The molecule has 0 aliphatic carbocycles. The van der Waals surface area contributed by atoms with Crippen molar-refractivity contribution in [2.75, 3.05) is 0 Å². The van der Waals surface area contributed by atoms with E-state index in [4.69, 9.17) is 11.6 Å². The number of aromatic nitrogens is 3. The van der Waals surface area contributed by atoms with E-state index in [1.54, 1.807) is 6.07 Å². The van der Waals surface area contributed by atoms with Crippen molar-refractivity contribution >= 4 is 43.8 Å². The number of hydrogen-bond acceptors (Lipinski definition) is 4. The van der Waals surface area contributed by atoms with E-state index in [2.05, 4.69) is 21.0 Å². The third kappa shape index (κ3) is 4.62. The van der Waals surface area contributed by atoms with Crippen molar-refractivity contribution in [2.45, 2.75) is 11.1 Å². The first-order valence-corrected chi connectivity index (χ1v) is 10.3. The fourth-order valence-corrected chi connectivity index (χ4v) is 4.21. The zero-order valence-electron chi connectivity index (χ0n) is 14.1. The van der Waals surface area contributed by atoms with E-state index in [1.165, 1.54) is 42.5 Å². The maximum absolute atomic E-state index is 12.9. The summed E-state index contributed by atoms with van der Waals surface area (Å²) in [6.07, 6.45) is -4.49. The number of nitrogens with zero attached hydrogens (tertiary/aromatic N) is 3. The highest BCUT2D eigenvalue weighted by atomic mass is 79.9. The standard InChI is InChI=1S/C17H10BrClF3N3O3S/c18-12-2-1-3-14(10-12)29(27,28)25-16(26)24(9-8-17(20,21)22)15(23-25)11-4-6-13(19)7-5-11/h1-10H/b9-8+. The summed E-state index contributed by atoms with van der Waals surface area (Å²) in [5, 5.41) is 4.13. The normalized spacial score (nSPS) is 12.6. The van der Waals surface area contributed by atoms with E-state index in [-0.39, 0.29) is 26.4 Å². The molecule has 6 nitrogen and oxygen atoms in total. The predicted molar refractivity (Wildman–Crippen MR) is 105 cm³/mol. The van der Waals surface area contributed by atoms with E-state index >= 15 is 0 Å². The maximum atomic E-state index is 12.9. The van der Waals surface area contributed by atoms with Gasteiger partial charge in [0.2, 0.25) is 0 Å². The van der Waals surface area contributed by atoms with Gasteiger partial charge in [0.05, 0.1) is 4.90 Å². The van der Waals surface area contributed by atoms with Crippen LogP contribution in [0.15, 0.2) is 68.8 Å². The molecule has 0 N–H and O–H groups in total. The highest BCUT2D eigenvalue weighted by Gasteiger charge is 2.27. The van der Waals surface area contributed by atoms with Crippen molar-refractivity contribution in [3.8, 4) is 11.4 Å². The van der Waals surface area contributed by atoms with Gasteiger partial charge in [0.1, 0.15) is 0 Å². The Morgan fingerprint density at radius 1 is 1.10 bits per heavy atom. The molecule has 0 fully saturated rings. The molecule has 0 radical (unpaired) electrons. The van der Waals surface area contributed by atoms with Gasteiger partial charge in [-0.1, -0.05) is 37.7 Å². The predicted octanol–water partition coefficient (Wildman–Crippen LogP) is 4.40. The van der Waals surface area contributed by atoms with E-state index < -0.39 is 21.9 Å². The number of benzene rings is 2. The Hall–Kier alpha value is -2.37. The van der Waals surface area contributed by atoms with Gasteiger partial charge in [-0.25, -0.2) is 9.36 Å². The molecule has 0 spiro atoms. The molecular weight excluding hydrogens is 499 g/mol. The topological polar surface area (TPSA) is 74.0 Å². The van der Waals surface area contributed by atoms with E-state index in [9.17, 15) is 26.4 Å². The summed E-state index contributed by atoms with van der Waals surface area (Å²) in [4.78, 5) is 12.4. The minimum absolute atomic E-state index is 0.152. The summed E-state index contributed by atoms with van der Waals surface area (Å²) in [6, 6.07) is 11.2. The Balaban J connectivity index is 2.26. The average Bonchev–Trinajstić information content (AvgIpc) is 2.97. The Kier molecular flexibility index (Phi) is 5.74. The SMILES string of the molecule is O=c1n(S(=O)(=O)c2cccc(Br)c2)nc(-c2ccc(Cl)cc2)n1/C=C/C(F)(F)F. The first-order chi connectivity index (χ1) is 13.5. The summed E-state index contributed by atoms with van der Waals surface area (Å²) in [5.41, 5.74) is -1.09. The van der Waals surface area contributed by atoms with Crippen molar-refractivity contribution in [3.05, 3.63) is 74.6 Å². The Morgan fingerprint density at radius 3 is 2.34 bits per heavy atom. The van der Waals surface area contributed by atoms with Crippen LogP contribution in [0.2, 0.25) is 5.02 Å². The molecule has 1 aromatic heterocycles. The highest BCUT2D eigenvalue weighted by molar-refractivity contribution is 9.10. The quantitative estimate of drug-likeness (QED) is 0.524. The maximum Gasteiger partial charge on any atom is 0.411 e. The lowest BCUT2D eigenvalue weighted by molar-refractivity contribution is -0.0792. The summed E-state index contributed by atoms with van der Waals surface area (Å²) >= 11 is 8.94. The molecule has 29 heavy (non-hydrogen) atoms. The molecule has 2 aromatic carbocycles. The Morgan fingerprint density at radius 2 is 1.76 bits per heavy atom. The third-order valence-electron chi connectivity index (χ3n) is 3.62. The summed E-state index contributed by atoms with van der Waals surface area (Å²) in [5.74, 6) is -0.300. The molecule has 3 rings (SSSR count). The third-order valence-corrected chi connectivity index (χ3v) is 5.91. The van der Waals surface area contributed by atoms with Crippen molar-refractivity contribution in [3.63, 3.8) is 0 Å². The lowest BCUT2D eigenvalue weighted by Crippen LogP contribution is -2.29. The van der Waals surface area contributed by atoms with Crippen LogP contribution < -0.4 is 5.69 Å². The number of alkyl halides is 3. The van der Waals surface area contributed by atoms with Gasteiger partial charge in [0.25, 0.3) is 10.0 Å². The van der Waals surface area contributed by atoms with Gasteiger partial charge in [-0.2, -0.15) is 21.6 Å². The van der Waals surface area contributed by atoms with Crippen LogP contribution in [0.1, 0.15) is 0 Å². The molecule has 0 saturated carbocycles. The first kappa shape index (κ1) is 21.3. The van der Waals surface area contributed by atoms with Gasteiger partial charge in [0, 0.05) is 27.3 Å². The highest BCUT2D eigenvalue weighted by Crippen LogP contribution is 2.23. The van der Waals surface area contributed by atoms with Crippen LogP contribution in [0.4, 0.5) is 13.2 Å². The number of halogens is 5. The lowest BCUT2D eigenvalue weighted by atomic mass is 10.2. The van der Waals surface area contributed by atoms with Gasteiger partial charge in [-0.3, -0.25) is 0 Å². The van der Waals surface area contributed by atoms with Crippen molar-refractivity contribution in [2.24, 2.45) is 0 Å². The smallest absolute Gasteiger partial charge is 0.249 e. The monoisotopic (exact) mass is 507 g/mol. The number of rotatable bonds is 4. The number of allylic oxidation sites excluding steroid dienone is 1. The van der Waals surface area contributed by atoms with Crippen molar-refractivity contribution < 1.29 is 21.6 Å². The molecule has 0 atom stereocenters. The molecular formula is C17H10BrClF3N3O3S. The molecule has 3 aromatic rings. The lowest BCUT2D eigenvalue weighted by Gasteiger charge is -2.03. The van der Waals surface area contributed by atoms with Crippen LogP contribution in [0, 0.1) is 0 Å². The van der Waals surface area contributed by atoms with Gasteiger partial charge in [0.15, 0.2) is 5.82 Å². The van der Waals surface area contributed by atoms with Gasteiger partial charge in [-0.15, -0.1) is 5.10 Å². The van der Waals surface area contributed by atoms with Crippen LogP contribution in [-0.2, 0) is 10.0 Å². The fraction of sp³-hybridized carbons (Fsp3) is 0.0588. The van der Waals surface area contributed by atoms with Crippen LogP contribution in [0.5, 0.6) is 0 Å². The Labute approximate surface area is 176 Å². The second kappa shape index (κ2) is 7.81. The van der Waals surface area contributed by atoms with Crippen LogP contribution in [0.25, 0.3) is 17.6 Å². The molecule has 0 bridgehead atoms. The van der Waals surface area contributed by atoms with E-state index in [0.717, 1.165) is 0 Å². The van der Waals surface area contributed by atoms with Gasteiger partial charge >= 0.3 is 11.9 Å². The zero-order valence-corrected chi connectivity index (χ0v) is 17.3. The van der Waals surface area contributed by atoms with E-state index in [1.807, 2.05) is 0 Å². The summed E-state index contributed by atoms with van der Waals surface area (Å²) in [6.45, 7) is 0. The molecule has 152 valence electrons. The summed E-state index contributed by atoms with van der Waals surface area (Å²) in [7, 11) is -4.46. The molecule has 0 amide bonds. The molecule has 0 unspecified atom stereocenters. The second-order valence-electron chi connectivity index (χ2n) is 5.65.